The van der Waals surface area contributed by atoms with E-state index in [4.69, 9.17) is 6.42 Å². The molecule has 0 spiro atoms. The Bertz CT molecular complexity index is 415. The number of hydrogen-bond acceptors (Lipinski definition) is 1. The molecule has 0 bridgehead atoms. The second-order valence-electron chi connectivity index (χ2n) is 4.37. The Morgan fingerprint density at radius 3 is 2.37 bits per heavy atom. The van der Waals surface area contributed by atoms with Crippen molar-refractivity contribution in [2.75, 3.05) is 6.54 Å². The van der Waals surface area contributed by atoms with Crippen molar-refractivity contribution in [3.63, 3.8) is 0 Å². The predicted octanol–water partition coefficient (Wildman–Crippen LogP) is 4.16. The van der Waals surface area contributed by atoms with E-state index in [0.29, 0.717) is 6.42 Å². The van der Waals surface area contributed by atoms with Crippen LogP contribution < -0.4 is 5.32 Å². The summed E-state index contributed by atoms with van der Waals surface area (Å²) >= 11 is 0. The van der Waals surface area contributed by atoms with Gasteiger partial charge in [-0.15, -0.1) is 12.3 Å². The van der Waals surface area contributed by atoms with Gasteiger partial charge in [0.25, 0.3) is 0 Å². The first-order chi connectivity index (χ1) is 8.99. The molecule has 0 radical (unpaired) electrons. The Balaban J connectivity index is 2.81. The molecule has 104 valence electrons. The normalized spacial score (nSPS) is 13.0. The van der Waals surface area contributed by atoms with Crippen molar-refractivity contribution >= 4 is 0 Å². The van der Waals surface area contributed by atoms with Crippen LogP contribution in [0, 0.1) is 12.3 Å². The minimum atomic E-state index is -4.29. The monoisotopic (exact) mass is 269 g/mol. The Hall–Kier alpha value is -1.47. The molecule has 1 N–H and O–H groups in total. The number of rotatable bonds is 6. The average molecular weight is 269 g/mol. The van der Waals surface area contributed by atoms with E-state index < -0.39 is 11.7 Å². The van der Waals surface area contributed by atoms with Gasteiger partial charge < -0.3 is 5.32 Å². The highest BCUT2D eigenvalue weighted by Crippen LogP contribution is 2.30. The molecule has 0 aliphatic rings. The van der Waals surface area contributed by atoms with Gasteiger partial charge >= 0.3 is 6.18 Å². The van der Waals surface area contributed by atoms with Crippen LogP contribution in [0.2, 0.25) is 0 Å². The van der Waals surface area contributed by atoms with E-state index in [1.54, 1.807) is 0 Å². The molecule has 0 saturated carbocycles. The molecule has 0 fully saturated rings. The van der Waals surface area contributed by atoms with E-state index in [1.165, 1.54) is 12.1 Å². The van der Waals surface area contributed by atoms with Gasteiger partial charge in [-0.1, -0.05) is 19.1 Å². The Kier molecular flexibility index (Phi) is 5.91. The first-order valence-corrected chi connectivity index (χ1v) is 6.33. The standard InChI is InChI=1S/C15H18F3N/c1-3-5-6-14(19-11-4-2)12-7-9-13(10-8-12)15(16,17)18/h1,7-10,14,19H,4-6,11H2,2H3. The number of alkyl halides is 3. The quantitative estimate of drug-likeness (QED) is 0.765. The minimum Gasteiger partial charge on any atom is -0.310 e. The maximum absolute atomic E-state index is 12.5. The fraction of sp³-hybridized carbons (Fsp3) is 0.467. The first-order valence-electron chi connectivity index (χ1n) is 6.33. The smallest absolute Gasteiger partial charge is 0.310 e. The lowest BCUT2D eigenvalue weighted by Crippen LogP contribution is -2.22. The lowest BCUT2D eigenvalue weighted by atomic mass is 10.0. The van der Waals surface area contributed by atoms with Gasteiger partial charge in [0.1, 0.15) is 0 Å². The van der Waals surface area contributed by atoms with Gasteiger partial charge in [-0.3, -0.25) is 0 Å². The molecule has 4 heteroatoms. The second-order valence-corrected chi connectivity index (χ2v) is 4.37. The van der Waals surface area contributed by atoms with Crippen LogP contribution in [-0.2, 0) is 6.18 Å². The molecule has 1 aromatic rings. The van der Waals surface area contributed by atoms with Gasteiger partial charge in [0.05, 0.1) is 5.56 Å². The summed E-state index contributed by atoms with van der Waals surface area (Å²) in [6, 6.07) is 5.29. The number of nitrogens with one attached hydrogen (secondary N) is 1. The summed E-state index contributed by atoms with van der Waals surface area (Å²) in [4.78, 5) is 0. The summed E-state index contributed by atoms with van der Waals surface area (Å²) in [5, 5.41) is 3.30. The van der Waals surface area contributed by atoms with E-state index >= 15 is 0 Å². The van der Waals surface area contributed by atoms with E-state index in [2.05, 4.69) is 11.2 Å². The highest BCUT2D eigenvalue weighted by molar-refractivity contribution is 5.27. The van der Waals surface area contributed by atoms with Gasteiger partial charge in [-0.25, -0.2) is 0 Å². The van der Waals surface area contributed by atoms with Crippen LogP contribution in [-0.4, -0.2) is 6.54 Å². The zero-order valence-electron chi connectivity index (χ0n) is 10.9. The third-order valence-corrected chi connectivity index (χ3v) is 2.86. The number of hydrogen-bond donors (Lipinski definition) is 1. The van der Waals surface area contributed by atoms with Gasteiger partial charge in [-0.2, -0.15) is 13.2 Å². The van der Waals surface area contributed by atoms with Crippen LogP contribution in [0.3, 0.4) is 0 Å². The molecule has 1 unspecified atom stereocenters. The third kappa shape index (κ3) is 4.96. The average Bonchev–Trinajstić information content (AvgIpc) is 2.38. The summed E-state index contributed by atoms with van der Waals surface area (Å²) in [5.41, 5.74) is 0.221. The molecule has 1 aromatic carbocycles. The Morgan fingerprint density at radius 2 is 1.89 bits per heavy atom. The van der Waals surface area contributed by atoms with E-state index in [-0.39, 0.29) is 6.04 Å². The van der Waals surface area contributed by atoms with Gasteiger partial charge in [0, 0.05) is 12.5 Å². The molecule has 0 aliphatic heterocycles. The largest absolute Gasteiger partial charge is 0.416 e. The third-order valence-electron chi connectivity index (χ3n) is 2.86. The van der Waals surface area contributed by atoms with E-state index in [9.17, 15) is 13.2 Å². The molecule has 0 aromatic heterocycles. The van der Waals surface area contributed by atoms with Crippen molar-refractivity contribution in [3.8, 4) is 12.3 Å². The number of benzene rings is 1. The van der Waals surface area contributed by atoms with Crippen LogP contribution in [0.25, 0.3) is 0 Å². The predicted molar refractivity (Wildman–Crippen MR) is 70.5 cm³/mol. The van der Waals surface area contributed by atoms with Crippen LogP contribution in [0.5, 0.6) is 0 Å². The van der Waals surface area contributed by atoms with Crippen molar-refractivity contribution in [3.05, 3.63) is 35.4 Å². The van der Waals surface area contributed by atoms with Crippen LogP contribution in [0.4, 0.5) is 13.2 Å². The summed E-state index contributed by atoms with van der Waals surface area (Å²) in [5.74, 6) is 2.56. The lowest BCUT2D eigenvalue weighted by Gasteiger charge is -2.18. The maximum Gasteiger partial charge on any atom is 0.416 e. The fourth-order valence-electron chi connectivity index (χ4n) is 1.84. The zero-order chi connectivity index (χ0) is 14.3. The zero-order valence-corrected chi connectivity index (χ0v) is 10.9. The first kappa shape index (κ1) is 15.6. The van der Waals surface area contributed by atoms with E-state index in [0.717, 1.165) is 37.1 Å². The Labute approximate surface area is 112 Å². The van der Waals surface area contributed by atoms with Crippen LogP contribution in [0.15, 0.2) is 24.3 Å². The van der Waals surface area contributed by atoms with E-state index in [1.807, 2.05) is 6.92 Å². The highest BCUT2D eigenvalue weighted by Gasteiger charge is 2.30. The maximum atomic E-state index is 12.5. The van der Waals surface area contributed by atoms with Crippen molar-refractivity contribution in [2.24, 2.45) is 0 Å². The summed E-state index contributed by atoms with van der Waals surface area (Å²) < 4.78 is 37.5. The van der Waals surface area contributed by atoms with Crippen LogP contribution >= 0.6 is 0 Å². The summed E-state index contributed by atoms with van der Waals surface area (Å²) in [7, 11) is 0. The molecule has 1 nitrogen and oxygen atoms in total. The summed E-state index contributed by atoms with van der Waals surface area (Å²) in [6.45, 7) is 2.86. The molecule has 19 heavy (non-hydrogen) atoms. The molecular weight excluding hydrogens is 251 g/mol. The SMILES string of the molecule is C#CCCC(NCCC)c1ccc(C(F)(F)F)cc1. The topological polar surface area (TPSA) is 12.0 Å². The van der Waals surface area contributed by atoms with Crippen molar-refractivity contribution < 1.29 is 13.2 Å². The second kappa shape index (κ2) is 7.20. The molecule has 0 aliphatic carbocycles. The number of halogens is 3. The molecule has 0 amide bonds. The summed E-state index contributed by atoms with van der Waals surface area (Å²) in [6.07, 6.45) is 3.24. The molecule has 0 heterocycles. The number of terminal acetylenes is 1. The van der Waals surface area contributed by atoms with Crippen LogP contribution in [0.1, 0.15) is 43.4 Å². The van der Waals surface area contributed by atoms with Crippen molar-refractivity contribution in [1.82, 2.24) is 5.32 Å². The highest BCUT2D eigenvalue weighted by atomic mass is 19.4. The van der Waals surface area contributed by atoms with Crippen molar-refractivity contribution in [2.45, 2.75) is 38.4 Å². The molecule has 0 saturated heterocycles. The van der Waals surface area contributed by atoms with Gasteiger partial charge in [-0.05, 0) is 37.1 Å². The Morgan fingerprint density at radius 1 is 1.26 bits per heavy atom. The van der Waals surface area contributed by atoms with Gasteiger partial charge in [0.2, 0.25) is 0 Å². The molecular formula is C15H18F3N. The van der Waals surface area contributed by atoms with Gasteiger partial charge in [0.15, 0.2) is 0 Å². The molecule has 1 rings (SSSR count). The molecule has 1 atom stereocenters. The minimum absolute atomic E-state index is 0.0123. The fourth-order valence-corrected chi connectivity index (χ4v) is 1.84. The lowest BCUT2D eigenvalue weighted by molar-refractivity contribution is -0.137. The van der Waals surface area contributed by atoms with Crippen molar-refractivity contribution in [1.29, 1.82) is 0 Å².